The van der Waals surface area contributed by atoms with Gasteiger partial charge in [-0.2, -0.15) is 0 Å². The first-order valence-electron chi connectivity index (χ1n) is 3.41. The third-order valence-electron chi connectivity index (χ3n) is 1.14. The van der Waals surface area contributed by atoms with Crippen molar-refractivity contribution in [1.29, 1.82) is 0 Å². The van der Waals surface area contributed by atoms with E-state index in [-0.39, 0.29) is 5.97 Å². The summed E-state index contributed by atoms with van der Waals surface area (Å²) < 4.78 is 4.77. The summed E-state index contributed by atoms with van der Waals surface area (Å²) in [5.74, 6) is 0.178. The van der Waals surface area contributed by atoms with Crippen molar-refractivity contribution in [2.45, 2.75) is 20.3 Å². The Morgan fingerprint density at radius 2 is 2.40 bits per heavy atom. The number of ether oxygens (including phenoxy) is 1. The number of rotatable bonds is 4. The van der Waals surface area contributed by atoms with Crippen LogP contribution in [0.1, 0.15) is 20.3 Å². The van der Waals surface area contributed by atoms with E-state index in [0.717, 1.165) is 6.42 Å². The fourth-order valence-electron chi connectivity index (χ4n) is 0.612. The van der Waals surface area contributed by atoms with Crippen LogP contribution in [0.2, 0.25) is 0 Å². The molecule has 0 rings (SSSR count). The van der Waals surface area contributed by atoms with Gasteiger partial charge in [0.2, 0.25) is 0 Å². The average Bonchev–Trinajstić information content (AvgIpc) is 1.85. The summed E-state index contributed by atoms with van der Waals surface area (Å²) in [5, 5.41) is 0. The van der Waals surface area contributed by atoms with Crippen LogP contribution in [0.3, 0.4) is 0 Å². The summed E-state index contributed by atoms with van der Waals surface area (Å²) in [6.45, 7) is 7.52. The van der Waals surface area contributed by atoms with Gasteiger partial charge in [0.25, 0.3) is 0 Å². The van der Waals surface area contributed by atoms with Crippen molar-refractivity contribution in [3.63, 3.8) is 0 Å². The van der Waals surface area contributed by atoms with Crippen LogP contribution < -0.4 is 0 Å². The van der Waals surface area contributed by atoms with E-state index in [1.165, 1.54) is 6.92 Å². The highest BCUT2D eigenvalue weighted by molar-refractivity contribution is 5.65. The Bertz CT molecular complexity index is 99.4. The van der Waals surface area contributed by atoms with Gasteiger partial charge in [-0.25, -0.2) is 0 Å². The summed E-state index contributed by atoms with van der Waals surface area (Å²) in [6.07, 6.45) is 2.72. The molecule has 0 aliphatic rings. The normalized spacial score (nSPS) is 12.3. The van der Waals surface area contributed by atoms with Crippen molar-refractivity contribution in [2.75, 3.05) is 6.61 Å². The maximum Gasteiger partial charge on any atom is 0.302 e. The van der Waals surface area contributed by atoms with Crippen LogP contribution >= 0.6 is 0 Å². The van der Waals surface area contributed by atoms with Crippen LogP contribution in [0.25, 0.3) is 0 Å². The molecule has 10 heavy (non-hydrogen) atoms. The Balaban J connectivity index is 3.21. The lowest BCUT2D eigenvalue weighted by Gasteiger charge is -2.06. The van der Waals surface area contributed by atoms with Gasteiger partial charge in [0.1, 0.15) is 0 Å². The van der Waals surface area contributed by atoms with Crippen molar-refractivity contribution in [3.05, 3.63) is 13.3 Å². The molecule has 58 valence electrons. The van der Waals surface area contributed by atoms with Gasteiger partial charge in [0.15, 0.2) is 0 Å². The topological polar surface area (TPSA) is 26.3 Å². The summed E-state index contributed by atoms with van der Waals surface area (Å²) in [5.41, 5.74) is 0. The molecule has 0 saturated carbocycles. The molecule has 0 bridgehead atoms. The molecule has 0 spiro atoms. The molecule has 0 aliphatic carbocycles. The number of esters is 1. The Morgan fingerprint density at radius 1 is 1.80 bits per heavy atom. The summed E-state index contributed by atoms with van der Waals surface area (Å²) in [6, 6.07) is 0. The smallest absolute Gasteiger partial charge is 0.302 e. The molecule has 0 unspecified atom stereocenters. The van der Waals surface area contributed by atoms with Crippen LogP contribution in [0.15, 0.2) is 0 Å². The minimum atomic E-state index is -0.212. The zero-order valence-electron chi connectivity index (χ0n) is 6.59. The maximum atomic E-state index is 10.3. The van der Waals surface area contributed by atoms with Crippen LogP contribution in [-0.4, -0.2) is 12.6 Å². The second kappa shape index (κ2) is 5.15. The van der Waals surface area contributed by atoms with Gasteiger partial charge in [0.05, 0.1) is 13.0 Å². The highest BCUT2D eigenvalue weighted by Gasteiger charge is 2.04. The second-order valence-electron chi connectivity index (χ2n) is 2.43. The van der Waals surface area contributed by atoms with Crippen molar-refractivity contribution < 1.29 is 9.53 Å². The van der Waals surface area contributed by atoms with Crippen LogP contribution in [0.5, 0.6) is 0 Å². The van der Waals surface area contributed by atoms with E-state index in [9.17, 15) is 4.79 Å². The Kier molecular flexibility index (Phi) is 4.81. The number of hydrogen-bond donors (Lipinski definition) is 0. The summed E-state index contributed by atoms with van der Waals surface area (Å²) in [7, 11) is 0. The van der Waals surface area contributed by atoms with Gasteiger partial charge in [0, 0.05) is 12.8 Å². The van der Waals surface area contributed by atoms with E-state index < -0.39 is 0 Å². The molecular weight excluding hydrogens is 128 g/mol. The fraction of sp³-hybridized carbons (Fsp3) is 0.625. The molecule has 0 aromatic rings. The first kappa shape index (κ1) is 9.34. The minimum Gasteiger partial charge on any atom is -0.465 e. The lowest BCUT2D eigenvalue weighted by molar-refractivity contribution is -0.142. The number of hydrogen-bond acceptors (Lipinski definition) is 2. The Labute approximate surface area is 62.6 Å². The van der Waals surface area contributed by atoms with E-state index in [2.05, 4.69) is 6.92 Å². The van der Waals surface area contributed by atoms with Crippen molar-refractivity contribution in [2.24, 2.45) is 5.92 Å². The lowest BCUT2D eigenvalue weighted by atomic mass is 10.1. The van der Waals surface area contributed by atoms with Crippen molar-refractivity contribution >= 4 is 5.97 Å². The van der Waals surface area contributed by atoms with Crippen LogP contribution in [0, 0.1) is 19.3 Å². The molecule has 1 atom stereocenters. The lowest BCUT2D eigenvalue weighted by Crippen LogP contribution is -2.08. The first-order chi connectivity index (χ1) is 4.66. The third kappa shape index (κ3) is 5.48. The molecule has 0 aliphatic heterocycles. The Morgan fingerprint density at radius 3 is 2.80 bits per heavy atom. The van der Waals surface area contributed by atoms with Gasteiger partial charge in [-0.1, -0.05) is 13.3 Å². The van der Waals surface area contributed by atoms with Gasteiger partial charge in [-0.15, -0.1) is 6.92 Å². The molecule has 2 nitrogen and oxygen atoms in total. The zero-order valence-corrected chi connectivity index (χ0v) is 6.59. The SMILES string of the molecule is [CH2-][CH+]C[C@H](C)COC(C)=O. The second-order valence-corrected chi connectivity index (χ2v) is 2.43. The predicted molar refractivity (Wildman–Crippen MR) is 40.1 cm³/mol. The monoisotopic (exact) mass is 142 g/mol. The predicted octanol–water partition coefficient (Wildman–Crippen LogP) is 1.61. The number of carbonyl (C=O) groups excluding carboxylic acids is 1. The summed E-state index contributed by atoms with van der Waals surface area (Å²) in [4.78, 5) is 10.3. The summed E-state index contributed by atoms with van der Waals surface area (Å²) >= 11 is 0. The zero-order chi connectivity index (χ0) is 7.98. The van der Waals surface area contributed by atoms with E-state index in [4.69, 9.17) is 4.74 Å². The standard InChI is InChI=1S/C8H14O2/c1-4-5-7(2)6-10-8(3)9/h4,7H,1,5-6H2,2-3H3/t7-/m0/s1. The average molecular weight is 142 g/mol. The molecule has 0 radical (unpaired) electrons. The highest BCUT2D eigenvalue weighted by Crippen LogP contribution is 2.03. The van der Waals surface area contributed by atoms with E-state index >= 15 is 0 Å². The molecule has 2 heteroatoms. The van der Waals surface area contributed by atoms with Gasteiger partial charge in [-0.05, 0) is 0 Å². The van der Waals surface area contributed by atoms with Crippen molar-refractivity contribution in [3.8, 4) is 0 Å². The molecule has 0 N–H and O–H groups in total. The highest BCUT2D eigenvalue weighted by atomic mass is 16.5. The van der Waals surface area contributed by atoms with E-state index in [1.807, 2.05) is 13.3 Å². The molecule has 0 aromatic heterocycles. The van der Waals surface area contributed by atoms with Crippen LogP contribution in [0.4, 0.5) is 0 Å². The van der Waals surface area contributed by atoms with E-state index in [0.29, 0.717) is 12.5 Å². The maximum absolute atomic E-state index is 10.3. The van der Waals surface area contributed by atoms with Gasteiger partial charge >= 0.3 is 5.97 Å². The quantitative estimate of drug-likeness (QED) is 0.440. The molecule has 0 heterocycles. The third-order valence-corrected chi connectivity index (χ3v) is 1.14. The number of carbonyl (C=O) groups is 1. The van der Waals surface area contributed by atoms with E-state index in [1.54, 1.807) is 0 Å². The molecule has 0 amide bonds. The molecule has 0 saturated heterocycles. The minimum absolute atomic E-state index is 0.212. The van der Waals surface area contributed by atoms with Gasteiger partial charge in [-0.3, -0.25) is 4.79 Å². The first-order valence-corrected chi connectivity index (χ1v) is 3.41. The van der Waals surface area contributed by atoms with Gasteiger partial charge < -0.3 is 4.74 Å². The fourth-order valence-corrected chi connectivity index (χ4v) is 0.612. The Hall–Kier alpha value is -0.660. The largest absolute Gasteiger partial charge is 0.465 e. The molecular formula is C8H14O2. The molecule has 0 aromatic carbocycles. The van der Waals surface area contributed by atoms with Crippen molar-refractivity contribution in [1.82, 2.24) is 0 Å². The van der Waals surface area contributed by atoms with Crippen LogP contribution in [-0.2, 0) is 9.53 Å². The molecule has 0 fully saturated rings.